The van der Waals surface area contributed by atoms with Gasteiger partial charge in [0.2, 0.25) is 0 Å². The van der Waals surface area contributed by atoms with Crippen LogP contribution in [0.4, 0.5) is 5.69 Å². The van der Waals surface area contributed by atoms with Crippen molar-refractivity contribution in [1.29, 1.82) is 0 Å². The van der Waals surface area contributed by atoms with Gasteiger partial charge in [-0.15, -0.1) is 0 Å². The normalized spacial score (nSPS) is 11.1. The fraction of sp³-hybridized carbons (Fsp3) is 0.160. The van der Waals surface area contributed by atoms with Gasteiger partial charge in [-0.05, 0) is 86.0 Å². The average molecular weight is 484 g/mol. The van der Waals surface area contributed by atoms with Crippen LogP contribution in [-0.2, 0) is 16.2 Å². The number of hydrogen-bond acceptors (Lipinski definition) is 4. The molecule has 0 atom stereocenters. The van der Waals surface area contributed by atoms with Gasteiger partial charge in [0.1, 0.15) is 12.4 Å². The van der Waals surface area contributed by atoms with Crippen LogP contribution in [0.5, 0.6) is 5.75 Å². The number of nitrogens with zero attached hydrogens (tertiary/aromatic N) is 1. The van der Waals surface area contributed by atoms with Crippen LogP contribution in [0.2, 0.25) is 10.0 Å². The maximum absolute atomic E-state index is 12.1. The van der Waals surface area contributed by atoms with Gasteiger partial charge in [-0.1, -0.05) is 35.3 Å². The highest BCUT2D eigenvalue weighted by Gasteiger charge is 2.13. The van der Waals surface area contributed by atoms with Crippen LogP contribution >= 0.6 is 23.2 Å². The quantitative estimate of drug-likeness (QED) is 0.269. The van der Waals surface area contributed by atoms with Gasteiger partial charge < -0.3 is 10.1 Å². The molecule has 0 bridgehead atoms. The summed E-state index contributed by atoms with van der Waals surface area (Å²) in [4.78, 5) is 24.2. The van der Waals surface area contributed by atoms with Gasteiger partial charge in [0.25, 0.3) is 0 Å². The summed E-state index contributed by atoms with van der Waals surface area (Å²) in [5.74, 6) is -0.999. The van der Waals surface area contributed by atoms with Gasteiger partial charge in [0.05, 0.1) is 5.71 Å². The van der Waals surface area contributed by atoms with E-state index in [-0.39, 0.29) is 0 Å². The molecule has 0 aliphatic heterocycles. The van der Waals surface area contributed by atoms with Gasteiger partial charge in [0, 0.05) is 21.3 Å². The Kier molecular flexibility index (Phi) is 8.09. The summed E-state index contributed by atoms with van der Waals surface area (Å²) >= 11 is 12.1. The minimum absolute atomic E-state index is 0.300. The zero-order valence-corrected chi connectivity index (χ0v) is 19.9. The molecule has 0 radical (unpaired) electrons. The molecule has 33 heavy (non-hydrogen) atoms. The third kappa shape index (κ3) is 6.81. The van der Waals surface area contributed by atoms with E-state index < -0.39 is 11.8 Å². The lowest BCUT2D eigenvalue weighted by Crippen LogP contribution is -2.33. The number of carbonyl (C=O) groups excluding carboxylic acids is 2. The van der Waals surface area contributed by atoms with E-state index in [1.165, 1.54) is 0 Å². The predicted molar refractivity (Wildman–Crippen MR) is 132 cm³/mol. The van der Waals surface area contributed by atoms with Gasteiger partial charge in [0.15, 0.2) is 0 Å². The standard InChI is InChI=1S/C25H23Cl2N3O3/c1-15-4-9-21(12-16(15)2)28-24(31)25(32)30-29-17(3)18-6-10-22(11-7-18)33-14-19-5-8-20(26)13-23(19)27/h4-13H,14H2,1-3H3,(H,28,31)(H,30,32). The Morgan fingerprint density at radius 1 is 0.909 bits per heavy atom. The second-order valence-corrected chi connectivity index (χ2v) is 8.28. The number of amides is 2. The molecular weight excluding hydrogens is 461 g/mol. The molecule has 2 N–H and O–H groups in total. The molecule has 2 amide bonds. The molecule has 3 aromatic carbocycles. The summed E-state index contributed by atoms with van der Waals surface area (Å²) in [6.07, 6.45) is 0. The molecule has 0 saturated carbocycles. The van der Waals surface area contributed by atoms with Gasteiger partial charge >= 0.3 is 11.8 Å². The van der Waals surface area contributed by atoms with Crippen molar-refractivity contribution in [1.82, 2.24) is 5.43 Å². The number of ether oxygens (including phenoxy) is 1. The predicted octanol–water partition coefficient (Wildman–Crippen LogP) is 5.67. The van der Waals surface area contributed by atoms with Gasteiger partial charge in [-0.25, -0.2) is 5.43 Å². The summed E-state index contributed by atoms with van der Waals surface area (Å²) < 4.78 is 5.76. The van der Waals surface area contributed by atoms with E-state index in [2.05, 4.69) is 15.8 Å². The molecule has 0 fully saturated rings. The van der Waals surface area contributed by atoms with Crippen LogP contribution in [0.25, 0.3) is 0 Å². The topological polar surface area (TPSA) is 79.8 Å². The summed E-state index contributed by atoms with van der Waals surface area (Å²) in [6.45, 7) is 5.93. The Bertz CT molecular complexity index is 1210. The minimum Gasteiger partial charge on any atom is -0.489 e. The van der Waals surface area contributed by atoms with E-state index in [0.29, 0.717) is 33.8 Å². The lowest BCUT2D eigenvalue weighted by atomic mass is 10.1. The molecule has 0 spiro atoms. The third-order valence-corrected chi connectivity index (χ3v) is 5.56. The molecule has 6 nitrogen and oxygen atoms in total. The van der Waals surface area contributed by atoms with Crippen LogP contribution in [-0.4, -0.2) is 17.5 Å². The summed E-state index contributed by atoms with van der Waals surface area (Å²) in [5, 5.41) is 7.69. The van der Waals surface area contributed by atoms with Gasteiger partial charge in [-0.3, -0.25) is 9.59 Å². The Balaban J connectivity index is 1.54. The number of benzene rings is 3. The van der Waals surface area contributed by atoms with E-state index in [0.717, 1.165) is 22.3 Å². The Hall–Kier alpha value is -3.35. The summed E-state index contributed by atoms with van der Waals surface area (Å²) in [6, 6.07) is 17.8. The van der Waals surface area contributed by atoms with Crippen LogP contribution in [0.15, 0.2) is 65.8 Å². The lowest BCUT2D eigenvalue weighted by molar-refractivity contribution is -0.136. The second kappa shape index (κ2) is 11.0. The first-order valence-corrected chi connectivity index (χ1v) is 10.9. The summed E-state index contributed by atoms with van der Waals surface area (Å²) in [7, 11) is 0. The molecular formula is C25H23Cl2N3O3. The van der Waals surface area contributed by atoms with Crippen molar-refractivity contribution in [2.24, 2.45) is 5.10 Å². The number of halogens is 2. The van der Waals surface area contributed by atoms with Crippen molar-refractivity contribution in [2.45, 2.75) is 27.4 Å². The maximum Gasteiger partial charge on any atom is 0.329 e. The van der Waals surface area contributed by atoms with E-state index in [1.807, 2.05) is 26.0 Å². The minimum atomic E-state index is -0.854. The van der Waals surface area contributed by atoms with E-state index >= 15 is 0 Å². The average Bonchev–Trinajstić information content (AvgIpc) is 2.79. The number of anilines is 1. The summed E-state index contributed by atoms with van der Waals surface area (Å²) in [5.41, 5.74) is 7.07. The van der Waals surface area contributed by atoms with Crippen molar-refractivity contribution < 1.29 is 14.3 Å². The van der Waals surface area contributed by atoms with Crippen LogP contribution in [0.3, 0.4) is 0 Å². The first-order valence-electron chi connectivity index (χ1n) is 10.1. The van der Waals surface area contributed by atoms with Gasteiger partial charge in [-0.2, -0.15) is 5.10 Å². The number of nitrogens with one attached hydrogen (secondary N) is 2. The molecule has 3 aromatic rings. The van der Waals surface area contributed by atoms with Crippen molar-refractivity contribution >= 4 is 46.4 Å². The van der Waals surface area contributed by atoms with E-state index in [1.54, 1.807) is 55.5 Å². The van der Waals surface area contributed by atoms with Crippen molar-refractivity contribution in [3.8, 4) is 5.75 Å². The molecule has 0 saturated heterocycles. The molecule has 3 rings (SSSR count). The molecule has 0 unspecified atom stereocenters. The fourth-order valence-corrected chi connectivity index (χ4v) is 3.31. The molecule has 0 aliphatic carbocycles. The zero-order valence-electron chi connectivity index (χ0n) is 18.4. The number of hydrazone groups is 1. The van der Waals surface area contributed by atoms with Crippen molar-refractivity contribution in [3.05, 3.63) is 93.0 Å². The number of hydrogen-bond donors (Lipinski definition) is 2. The van der Waals surface area contributed by atoms with Crippen LogP contribution < -0.4 is 15.5 Å². The largest absolute Gasteiger partial charge is 0.489 e. The molecule has 8 heteroatoms. The third-order valence-electron chi connectivity index (χ3n) is 4.98. The van der Waals surface area contributed by atoms with E-state index in [9.17, 15) is 9.59 Å². The van der Waals surface area contributed by atoms with Crippen LogP contribution in [0, 0.1) is 13.8 Å². The highest BCUT2D eigenvalue weighted by Crippen LogP contribution is 2.23. The second-order valence-electron chi connectivity index (χ2n) is 7.44. The smallest absolute Gasteiger partial charge is 0.329 e. The number of carbonyl (C=O) groups is 2. The number of aryl methyl sites for hydroxylation is 2. The van der Waals surface area contributed by atoms with Crippen LogP contribution in [0.1, 0.15) is 29.2 Å². The maximum atomic E-state index is 12.1. The Morgan fingerprint density at radius 3 is 2.30 bits per heavy atom. The SMILES string of the molecule is CC(=NNC(=O)C(=O)Nc1ccc(C)c(C)c1)c1ccc(OCc2ccc(Cl)cc2Cl)cc1. The first kappa shape index (κ1) is 24.3. The molecule has 0 aromatic heterocycles. The monoisotopic (exact) mass is 483 g/mol. The Labute approximate surface area is 202 Å². The number of rotatable bonds is 6. The molecule has 170 valence electrons. The van der Waals surface area contributed by atoms with Crippen molar-refractivity contribution in [2.75, 3.05) is 5.32 Å². The lowest BCUT2D eigenvalue weighted by Gasteiger charge is -2.09. The highest BCUT2D eigenvalue weighted by atomic mass is 35.5. The van der Waals surface area contributed by atoms with E-state index in [4.69, 9.17) is 27.9 Å². The van der Waals surface area contributed by atoms with Crippen molar-refractivity contribution in [3.63, 3.8) is 0 Å². The Morgan fingerprint density at radius 2 is 1.64 bits per heavy atom. The fourth-order valence-electron chi connectivity index (χ4n) is 2.85. The molecule has 0 aliphatic rings. The zero-order chi connectivity index (χ0) is 24.0. The highest BCUT2D eigenvalue weighted by molar-refractivity contribution is 6.39. The molecule has 0 heterocycles. The first-order chi connectivity index (χ1) is 15.7.